The molecule has 0 aliphatic heterocycles. The molecule has 0 atom stereocenters. The molecular weight excluding hydrogens is 228 g/mol. The third-order valence-corrected chi connectivity index (χ3v) is 2.37. The number of methoxy groups -OCH3 is 1. The summed E-state index contributed by atoms with van der Waals surface area (Å²) in [5, 5.41) is 0. The summed E-state index contributed by atoms with van der Waals surface area (Å²) < 4.78 is 10.3. The van der Waals surface area contributed by atoms with Gasteiger partial charge in [-0.1, -0.05) is 30.3 Å². The Kier molecular flexibility index (Phi) is 3.57. The van der Waals surface area contributed by atoms with Crippen molar-refractivity contribution in [3.63, 3.8) is 0 Å². The van der Waals surface area contributed by atoms with E-state index in [1.165, 1.54) is 6.26 Å². The molecule has 0 amide bonds. The Labute approximate surface area is 106 Å². The fourth-order valence-corrected chi connectivity index (χ4v) is 1.57. The number of hydrogen-bond acceptors (Lipinski definition) is 4. The Morgan fingerprint density at radius 1 is 1.17 bits per heavy atom. The van der Waals surface area contributed by atoms with Gasteiger partial charge in [-0.05, 0) is 13.0 Å². The second-order valence-corrected chi connectivity index (χ2v) is 3.73. The van der Waals surface area contributed by atoms with Crippen LogP contribution in [0.5, 0.6) is 11.8 Å². The van der Waals surface area contributed by atoms with Crippen molar-refractivity contribution in [2.75, 3.05) is 7.11 Å². The van der Waals surface area contributed by atoms with Gasteiger partial charge in [0.15, 0.2) is 5.82 Å². The van der Waals surface area contributed by atoms with Gasteiger partial charge in [0.05, 0.1) is 19.4 Å². The summed E-state index contributed by atoms with van der Waals surface area (Å²) >= 11 is 0. The molecule has 2 rings (SSSR count). The molecule has 1 aromatic heterocycles. The van der Waals surface area contributed by atoms with Crippen LogP contribution >= 0.6 is 0 Å². The van der Waals surface area contributed by atoms with Crippen LogP contribution < -0.4 is 9.47 Å². The van der Waals surface area contributed by atoms with Crippen LogP contribution in [-0.2, 0) is 0 Å². The van der Waals surface area contributed by atoms with E-state index >= 15 is 0 Å². The molecule has 0 unspecified atom stereocenters. The zero-order chi connectivity index (χ0) is 13.0. The molecule has 92 valence electrons. The van der Waals surface area contributed by atoms with E-state index in [4.69, 9.17) is 9.47 Å². The first-order valence-electron chi connectivity index (χ1n) is 5.50. The second kappa shape index (κ2) is 5.31. The average Bonchev–Trinajstić information content (AvgIpc) is 2.39. The van der Waals surface area contributed by atoms with Crippen molar-refractivity contribution < 1.29 is 9.47 Å². The molecule has 0 saturated heterocycles. The minimum atomic E-state index is 0.411. The molecule has 0 saturated carbocycles. The quantitative estimate of drug-likeness (QED) is 0.773. The highest BCUT2D eigenvalue weighted by Crippen LogP contribution is 2.23. The third-order valence-electron chi connectivity index (χ3n) is 2.37. The molecule has 1 aromatic carbocycles. The van der Waals surface area contributed by atoms with Crippen molar-refractivity contribution in [1.29, 1.82) is 0 Å². The number of ether oxygens (including phenoxy) is 2. The van der Waals surface area contributed by atoms with Crippen molar-refractivity contribution in [1.82, 2.24) is 9.97 Å². The van der Waals surface area contributed by atoms with Gasteiger partial charge in [-0.15, -0.1) is 0 Å². The van der Waals surface area contributed by atoms with Gasteiger partial charge in [0.1, 0.15) is 0 Å². The Bertz CT molecular complexity index is 567. The van der Waals surface area contributed by atoms with Gasteiger partial charge in [-0.25, -0.2) is 0 Å². The van der Waals surface area contributed by atoms with Gasteiger partial charge in [0.25, 0.3) is 0 Å². The summed E-state index contributed by atoms with van der Waals surface area (Å²) in [7, 11) is 1.56. The van der Waals surface area contributed by atoms with Crippen molar-refractivity contribution in [3.8, 4) is 23.1 Å². The van der Waals surface area contributed by atoms with Gasteiger partial charge >= 0.3 is 0 Å². The van der Waals surface area contributed by atoms with Crippen molar-refractivity contribution in [2.24, 2.45) is 0 Å². The van der Waals surface area contributed by atoms with Crippen LogP contribution in [0, 0.1) is 6.92 Å². The largest absolute Gasteiger partial charge is 0.481 e. The molecule has 18 heavy (non-hydrogen) atoms. The molecule has 0 fully saturated rings. The van der Waals surface area contributed by atoms with Crippen molar-refractivity contribution in [3.05, 3.63) is 48.7 Å². The number of benzene rings is 1. The van der Waals surface area contributed by atoms with Gasteiger partial charge in [0, 0.05) is 5.56 Å². The van der Waals surface area contributed by atoms with Crippen LogP contribution in [0.3, 0.4) is 0 Å². The Morgan fingerprint density at radius 3 is 2.61 bits per heavy atom. The van der Waals surface area contributed by atoms with E-state index in [0.717, 1.165) is 11.1 Å². The molecule has 0 N–H and O–H groups in total. The standard InChI is InChI=1S/C14H14N2O2/c1-4-18-13-9-12(17-3)15-14(16-13)11-7-5-6-10(2)8-11/h4-9H,1H2,2-3H3. The first-order chi connectivity index (χ1) is 8.72. The van der Waals surface area contributed by atoms with Crippen LogP contribution in [0.15, 0.2) is 43.2 Å². The van der Waals surface area contributed by atoms with Crippen LogP contribution in [0.4, 0.5) is 0 Å². The molecule has 0 spiro atoms. The molecule has 0 radical (unpaired) electrons. The maximum absolute atomic E-state index is 5.17. The number of aryl methyl sites for hydroxylation is 1. The monoisotopic (exact) mass is 242 g/mol. The fraction of sp³-hybridized carbons (Fsp3) is 0.143. The molecular formula is C14H14N2O2. The van der Waals surface area contributed by atoms with Gasteiger partial charge in [0.2, 0.25) is 11.8 Å². The van der Waals surface area contributed by atoms with E-state index in [9.17, 15) is 0 Å². The maximum atomic E-state index is 5.17. The average molecular weight is 242 g/mol. The van der Waals surface area contributed by atoms with Crippen LogP contribution in [-0.4, -0.2) is 17.1 Å². The Balaban J connectivity index is 2.49. The van der Waals surface area contributed by atoms with Gasteiger partial charge in [-0.3, -0.25) is 0 Å². The predicted octanol–water partition coefficient (Wildman–Crippen LogP) is 2.98. The zero-order valence-corrected chi connectivity index (χ0v) is 10.4. The smallest absolute Gasteiger partial charge is 0.225 e. The molecule has 1 heterocycles. The van der Waals surface area contributed by atoms with Crippen LogP contribution in [0.2, 0.25) is 0 Å². The Hall–Kier alpha value is -2.36. The minimum absolute atomic E-state index is 0.411. The molecule has 0 aliphatic rings. The summed E-state index contributed by atoms with van der Waals surface area (Å²) in [6.07, 6.45) is 1.32. The molecule has 0 bridgehead atoms. The highest BCUT2D eigenvalue weighted by molar-refractivity contribution is 5.57. The molecule has 4 nitrogen and oxygen atoms in total. The van der Waals surface area contributed by atoms with Crippen molar-refractivity contribution in [2.45, 2.75) is 6.92 Å². The maximum Gasteiger partial charge on any atom is 0.225 e. The van der Waals surface area contributed by atoms with Gasteiger partial charge in [-0.2, -0.15) is 9.97 Å². The van der Waals surface area contributed by atoms with Gasteiger partial charge < -0.3 is 9.47 Å². The summed E-state index contributed by atoms with van der Waals surface area (Å²) in [4.78, 5) is 8.60. The van der Waals surface area contributed by atoms with E-state index in [1.807, 2.05) is 31.2 Å². The highest BCUT2D eigenvalue weighted by atomic mass is 16.5. The lowest BCUT2D eigenvalue weighted by Gasteiger charge is -2.06. The van der Waals surface area contributed by atoms with E-state index in [0.29, 0.717) is 17.6 Å². The molecule has 2 aromatic rings. The topological polar surface area (TPSA) is 44.2 Å². The van der Waals surface area contributed by atoms with Crippen LogP contribution in [0.25, 0.3) is 11.4 Å². The van der Waals surface area contributed by atoms with Crippen LogP contribution in [0.1, 0.15) is 5.56 Å². The lowest BCUT2D eigenvalue weighted by atomic mass is 10.1. The minimum Gasteiger partial charge on any atom is -0.481 e. The summed E-state index contributed by atoms with van der Waals surface area (Å²) in [5.74, 6) is 1.43. The highest BCUT2D eigenvalue weighted by Gasteiger charge is 2.07. The van der Waals surface area contributed by atoms with E-state index in [-0.39, 0.29) is 0 Å². The number of hydrogen-bond donors (Lipinski definition) is 0. The summed E-state index contributed by atoms with van der Waals surface area (Å²) in [5.41, 5.74) is 2.06. The fourth-order valence-electron chi connectivity index (χ4n) is 1.57. The third kappa shape index (κ3) is 2.66. The predicted molar refractivity (Wildman–Crippen MR) is 69.6 cm³/mol. The first kappa shape index (κ1) is 12.1. The first-order valence-corrected chi connectivity index (χ1v) is 5.50. The number of nitrogens with zero attached hydrogens (tertiary/aromatic N) is 2. The SMILES string of the molecule is C=COc1cc(OC)nc(-c2cccc(C)c2)n1. The zero-order valence-electron chi connectivity index (χ0n) is 10.4. The molecule has 4 heteroatoms. The Morgan fingerprint density at radius 2 is 1.94 bits per heavy atom. The second-order valence-electron chi connectivity index (χ2n) is 3.73. The van der Waals surface area contributed by atoms with Crippen molar-refractivity contribution >= 4 is 0 Å². The van der Waals surface area contributed by atoms with E-state index in [2.05, 4.69) is 16.5 Å². The lowest BCUT2D eigenvalue weighted by molar-refractivity contribution is 0.389. The normalized spacial score (nSPS) is 9.89. The van der Waals surface area contributed by atoms with E-state index < -0.39 is 0 Å². The number of rotatable bonds is 4. The lowest BCUT2D eigenvalue weighted by Crippen LogP contribution is -1.96. The molecule has 0 aliphatic carbocycles. The van der Waals surface area contributed by atoms with E-state index in [1.54, 1.807) is 13.2 Å². The number of aromatic nitrogens is 2. The summed E-state index contributed by atoms with van der Waals surface area (Å²) in [6.45, 7) is 5.52. The summed E-state index contributed by atoms with van der Waals surface area (Å²) in [6, 6.07) is 9.54.